The molecule has 4 N–H and O–H groups in total. The quantitative estimate of drug-likeness (QED) is 0.398. The highest BCUT2D eigenvalue weighted by molar-refractivity contribution is 8.69. The summed E-state index contributed by atoms with van der Waals surface area (Å²) in [5, 5.41) is 0. The molecule has 0 aliphatic rings. The molecule has 0 atom stereocenters. The van der Waals surface area contributed by atoms with Gasteiger partial charge in [0.2, 0.25) is 0 Å². The lowest BCUT2D eigenvalue weighted by atomic mass is 10.8. The van der Waals surface area contributed by atoms with Crippen molar-refractivity contribution in [2.24, 2.45) is 0 Å². The Labute approximate surface area is 51.6 Å². The van der Waals surface area contributed by atoms with Crippen molar-refractivity contribution < 1.29 is 18.7 Å². The van der Waals surface area contributed by atoms with Crippen molar-refractivity contribution >= 4 is 19.9 Å². The minimum atomic E-state index is -3.81. The molecule has 4 nitrogen and oxygen atoms in total. The van der Waals surface area contributed by atoms with Crippen molar-refractivity contribution in [1.82, 2.24) is 0 Å². The largest absolute Gasteiger partial charge is 0.357 e. The molecule has 8 heavy (non-hydrogen) atoms. The molecule has 0 heterocycles. The molecule has 0 unspecified atom stereocenters. The predicted molar refractivity (Wildman–Crippen MR) is 31.8 cm³/mol. The van der Waals surface area contributed by atoms with Gasteiger partial charge in [0.05, 0.1) is 12.3 Å². The maximum Gasteiger partial charge on any atom is 0.319 e. The van der Waals surface area contributed by atoms with E-state index in [1.165, 1.54) is 0 Å². The second kappa shape index (κ2) is 3.29. The summed E-state index contributed by atoms with van der Waals surface area (Å²) in [6, 6.07) is 0. The van der Waals surface area contributed by atoms with Crippen LogP contribution in [-0.4, -0.2) is 25.3 Å². The third kappa shape index (κ3) is 6.22. The van der Waals surface area contributed by atoms with Crippen LogP contribution in [0.5, 0.6) is 0 Å². The first kappa shape index (κ1) is 8.22. The molecule has 0 aliphatic carbocycles. The number of rotatable bonds is 3. The van der Waals surface area contributed by atoms with Gasteiger partial charge in [0.15, 0.2) is 0 Å². The molecule has 50 valence electrons. The van der Waals surface area contributed by atoms with Gasteiger partial charge in [-0.15, -0.1) is 0 Å². The van der Waals surface area contributed by atoms with Gasteiger partial charge in [-0.3, -0.25) is 4.55 Å². The topological polar surface area (TPSA) is 82.0 Å². The molecule has 0 saturated carbocycles. The summed E-state index contributed by atoms with van der Waals surface area (Å²) in [6.07, 6.45) is 0. The van der Waals surface area contributed by atoms with Crippen LogP contribution in [0.4, 0.5) is 0 Å². The van der Waals surface area contributed by atoms with Gasteiger partial charge in [0, 0.05) is 10.8 Å². The minimum absolute atomic E-state index is 0.346. The molecule has 0 saturated heterocycles. The highest BCUT2D eigenvalue weighted by atomic mass is 33.1. The second-order valence-corrected chi connectivity index (χ2v) is 4.57. The van der Waals surface area contributed by atoms with E-state index >= 15 is 0 Å². The van der Waals surface area contributed by atoms with Crippen LogP contribution in [0.2, 0.25) is 0 Å². The van der Waals surface area contributed by atoms with Crippen molar-refractivity contribution in [2.75, 3.05) is 12.3 Å². The molecular formula is C2H8NO3S2+. The molecule has 0 aromatic carbocycles. The molecular weight excluding hydrogens is 150 g/mol. The molecule has 0 radical (unpaired) electrons. The Morgan fingerprint density at radius 1 is 1.62 bits per heavy atom. The van der Waals surface area contributed by atoms with Crippen molar-refractivity contribution in [1.29, 1.82) is 0 Å². The van der Waals surface area contributed by atoms with Gasteiger partial charge in [0.25, 0.3) is 0 Å². The number of hydrogen-bond acceptors (Lipinski definition) is 3. The fraction of sp³-hybridized carbons (Fsp3) is 1.00. The first-order valence-electron chi connectivity index (χ1n) is 1.97. The van der Waals surface area contributed by atoms with Crippen molar-refractivity contribution in [3.05, 3.63) is 0 Å². The Morgan fingerprint density at radius 3 is 2.25 bits per heavy atom. The summed E-state index contributed by atoms with van der Waals surface area (Å²) in [5.41, 5.74) is 3.39. The van der Waals surface area contributed by atoms with Crippen LogP contribution in [0.1, 0.15) is 0 Å². The summed E-state index contributed by atoms with van der Waals surface area (Å²) in [7, 11) is -3.31. The van der Waals surface area contributed by atoms with Gasteiger partial charge in [-0.05, 0) is 0 Å². The first-order chi connectivity index (χ1) is 3.56. The second-order valence-electron chi connectivity index (χ2n) is 1.10. The lowest BCUT2D eigenvalue weighted by Crippen LogP contribution is -2.51. The Bertz CT molecular complexity index is 139. The van der Waals surface area contributed by atoms with Crippen LogP contribution >= 0.6 is 10.8 Å². The normalized spacial score (nSPS) is 11.8. The molecule has 0 bridgehead atoms. The summed E-state index contributed by atoms with van der Waals surface area (Å²) < 4.78 is 27.8. The lowest BCUT2D eigenvalue weighted by Gasteiger charge is -1.87. The van der Waals surface area contributed by atoms with Gasteiger partial charge >= 0.3 is 9.15 Å². The van der Waals surface area contributed by atoms with E-state index in [0.717, 1.165) is 0 Å². The van der Waals surface area contributed by atoms with Crippen LogP contribution < -0.4 is 5.73 Å². The van der Waals surface area contributed by atoms with E-state index in [1.54, 1.807) is 0 Å². The van der Waals surface area contributed by atoms with E-state index in [-0.39, 0.29) is 0 Å². The van der Waals surface area contributed by atoms with Crippen molar-refractivity contribution in [3.8, 4) is 0 Å². The maximum absolute atomic E-state index is 9.88. The third-order valence-electron chi connectivity index (χ3n) is 0.377. The Kier molecular flexibility index (Phi) is 3.38. The summed E-state index contributed by atoms with van der Waals surface area (Å²) >= 11 is 0. The zero-order valence-electron chi connectivity index (χ0n) is 4.20. The summed E-state index contributed by atoms with van der Waals surface area (Å²) in [6.45, 7) is 0.504. The summed E-state index contributed by atoms with van der Waals surface area (Å²) in [4.78, 5) is 0. The Morgan fingerprint density at radius 2 is 2.12 bits per heavy atom. The third-order valence-corrected chi connectivity index (χ3v) is 2.52. The fourth-order valence-electron chi connectivity index (χ4n) is 0.164. The zero-order valence-corrected chi connectivity index (χ0v) is 5.83. The monoisotopic (exact) mass is 158 g/mol. The van der Waals surface area contributed by atoms with Gasteiger partial charge in [-0.1, -0.05) is 0 Å². The van der Waals surface area contributed by atoms with Gasteiger partial charge in [-0.2, -0.15) is 8.42 Å². The van der Waals surface area contributed by atoms with E-state index in [1.807, 2.05) is 0 Å². The van der Waals surface area contributed by atoms with Crippen LogP contribution in [0.25, 0.3) is 0 Å². The number of hydrogen-bond donors (Lipinski definition) is 2. The molecule has 0 fully saturated rings. The average Bonchev–Trinajstić information content (AvgIpc) is 1.59. The molecule has 0 aromatic rings. The van der Waals surface area contributed by atoms with Crippen molar-refractivity contribution in [2.45, 2.75) is 0 Å². The minimum Gasteiger partial charge on any atom is -0.357 e. The molecule has 0 amide bonds. The first-order valence-corrected chi connectivity index (χ1v) is 4.91. The fourth-order valence-corrected chi connectivity index (χ4v) is 1.48. The highest BCUT2D eigenvalue weighted by Crippen LogP contribution is 2.05. The maximum atomic E-state index is 9.88. The van der Waals surface area contributed by atoms with Crippen LogP contribution in [0, 0.1) is 0 Å². The summed E-state index contributed by atoms with van der Waals surface area (Å²) in [5.74, 6) is 0.346. The number of quaternary nitrogens is 1. The van der Waals surface area contributed by atoms with Gasteiger partial charge in [-0.25, -0.2) is 0 Å². The molecule has 0 rings (SSSR count). The van der Waals surface area contributed by atoms with Crippen LogP contribution in [0.3, 0.4) is 0 Å². The molecule has 0 spiro atoms. The lowest BCUT2D eigenvalue weighted by molar-refractivity contribution is -0.360. The van der Waals surface area contributed by atoms with Crippen LogP contribution in [0.15, 0.2) is 0 Å². The standard InChI is InChI=1S/C2H7NO3S2/c3-1-2-7-8(4,5)6/h1-3H2,(H,4,5,6)/p+1. The Balaban J connectivity index is 3.42. The van der Waals surface area contributed by atoms with Gasteiger partial charge < -0.3 is 5.73 Å². The van der Waals surface area contributed by atoms with E-state index in [9.17, 15) is 8.42 Å². The molecule has 0 aromatic heterocycles. The SMILES string of the molecule is [NH3+]CCSS(=O)(=O)O. The smallest absolute Gasteiger partial charge is 0.319 e. The molecule has 6 heteroatoms. The molecule has 0 aliphatic heterocycles. The highest BCUT2D eigenvalue weighted by Gasteiger charge is 2.02. The van der Waals surface area contributed by atoms with E-state index in [0.29, 0.717) is 23.1 Å². The zero-order chi connectivity index (χ0) is 6.62. The predicted octanol–water partition coefficient (Wildman–Crippen LogP) is -1.24. The van der Waals surface area contributed by atoms with E-state index < -0.39 is 9.15 Å². The van der Waals surface area contributed by atoms with Crippen molar-refractivity contribution in [3.63, 3.8) is 0 Å². The average molecular weight is 158 g/mol. The van der Waals surface area contributed by atoms with E-state index in [4.69, 9.17) is 4.55 Å². The van der Waals surface area contributed by atoms with Gasteiger partial charge in [0.1, 0.15) is 0 Å². The Hall–Kier alpha value is 0.220. The van der Waals surface area contributed by atoms with E-state index in [2.05, 4.69) is 5.73 Å². The van der Waals surface area contributed by atoms with Crippen LogP contribution in [-0.2, 0) is 9.15 Å².